The van der Waals surface area contributed by atoms with E-state index in [9.17, 15) is 18.4 Å². The highest BCUT2D eigenvalue weighted by atomic mass is 32.1. The van der Waals surface area contributed by atoms with Gasteiger partial charge in [-0.15, -0.1) is 11.3 Å². The molecule has 1 N–H and O–H groups in total. The maximum atomic E-state index is 14.7. The Morgan fingerprint density at radius 1 is 1.28 bits per heavy atom. The lowest BCUT2D eigenvalue weighted by atomic mass is 9.99. The number of carboxylic acids is 1. The van der Waals surface area contributed by atoms with E-state index in [0.717, 1.165) is 16.0 Å². The summed E-state index contributed by atoms with van der Waals surface area (Å²) < 4.78 is 34.5. The molecule has 0 unspecified atom stereocenters. The number of allylic oxidation sites excluding steroid dienone is 1. The Hall–Kier alpha value is -2.74. The van der Waals surface area contributed by atoms with E-state index in [-0.39, 0.29) is 23.1 Å². The van der Waals surface area contributed by atoms with Crippen molar-refractivity contribution >= 4 is 23.4 Å². The van der Waals surface area contributed by atoms with Crippen LogP contribution in [0.5, 0.6) is 0 Å². The van der Waals surface area contributed by atoms with Crippen LogP contribution in [0.3, 0.4) is 0 Å². The van der Waals surface area contributed by atoms with E-state index in [0.29, 0.717) is 25.8 Å². The molecule has 0 aliphatic carbocycles. The van der Waals surface area contributed by atoms with Crippen LogP contribution < -0.4 is 0 Å². The number of rotatable bonds is 9. The van der Waals surface area contributed by atoms with E-state index >= 15 is 0 Å². The summed E-state index contributed by atoms with van der Waals surface area (Å²) in [5.74, 6) is -3.95. The fraction of sp³-hybridized carbons (Fsp3) is 0.417. The number of thiophene rings is 1. The van der Waals surface area contributed by atoms with Crippen molar-refractivity contribution in [3.05, 3.63) is 68.9 Å². The van der Waals surface area contributed by atoms with Crippen LogP contribution in [0.4, 0.5) is 13.6 Å². The highest BCUT2D eigenvalue weighted by Gasteiger charge is 2.31. The molecule has 1 aromatic heterocycles. The molecule has 0 saturated carbocycles. The number of ether oxygens (including phenoxy) is 1. The second kappa shape index (κ2) is 10.3. The second-order valence-electron chi connectivity index (χ2n) is 8.05. The van der Waals surface area contributed by atoms with Gasteiger partial charge in [0, 0.05) is 29.8 Å². The number of aromatic carboxylic acids is 1. The van der Waals surface area contributed by atoms with Gasteiger partial charge in [-0.1, -0.05) is 41.5 Å². The first-order valence-corrected chi connectivity index (χ1v) is 11.4. The zero-order chi connectivity index (χ0) is 23.3. The molecule has 1 atom stereocenters. The third-order valence-electron chi connectivity index (χ3n) is 5.35. The number of hydrogen-bond donors (Lipinski definition) is 1. The predicted octanol–water partition coefficient (Wildman–Crippen LogP) is 5.94. The molecule has 1 aliphatic rings. The molecule has 8 heteroatoms. The molecule has 1 saturated heterocycles. The third-order valence-corrected chi connectivity index (χ3v) is 6.48. The minimum Gasteiger partial charge on any atom is -0.477 e. The minimum absolute atomic E-state index is 0.00348. The fourth-order valence-corrected chi connectivity index (χ4v) is 4.71. The summed E-state index contributed by atoms with van der Waals surface area (Å²) in [6, 6.07) is 7.91. The van der Waals surface area contributed by atoms with Crippen molar-refractivity contribution in [1.29, 1.82) is 0 Å². The van der Waals surface area contributed by atoms with Crippen molar-refractivity contribution < 1.29 is 28.2 Å². The van der Waals surface area contributed by atoms with Crippen LogP contribution in [-0.4, -0.2) is 41.3 Å². The van der Waals surface area contributed by atoms with Gasteiger partial charge < -0.3 is 14.7 Å². The van der Waals surface area contributed by atoms with Crippen LogP contribution in [0.1, 0.15) is 50.5 Å². The average molecular weight is 464 g/mol. The van der Waals surface area contributed by atoms with Gasteiger partial charge in [0.15, 0.2) is 0 Å². The summed E-state index contributed by atoms with van der Waals surface area (Å²) in [6.45, 7) is 4.26. The number of nitrogens with zero attached hydrogens (tertiary/aromatic N) is 1. The molecule has 3 rings (SSSR count). The van der Waals surface area contributed by atoms with E-state index in [2.05, 4.69) is 0 Å². The number of cyclic esters (lactones) is 1. The number of alkyl halides is 2. The Morgan fingerprint density at radius 3 is 2.66 bits per heavy atom. The number of carbonyl (C=O) groups excluding carboxylic acids is 1. The molecule has 2 aromatic rings. The maximum Gasteiger partial charge on any atom is 0.410 e. The van der Waals surface area contributed by atoms with Crippen LogP contribution in [0, 0.1) is 13.8 Å². The van der Waals surface area contributed by atoms with Gasteiger partial charge in [0.1, 0.15) is 4.88 Å². The molecule has 1 aliphatic heterocycles. The summed E-state index contributed by atoms with van der Waals surface area (Å²) >= 11 is 1.21. The van der Waals surface area contributed by atoms with Crippen LogP contribution in [0.15, 0.2) is 42.5 Å². The van der Waals surface area contributed by atoms with E-state index in [1.54, 1.807) is 37.0 Å². The first-order valence-electron chi connectivity index (χ1n) is 10.5. The summed E-state index contributed by atoms with van der Waals surface area (Å²) in [5, 5.41) is 9.02. The van der Waals surface area contributed by atoms with Gasteiger partial charge in [0.25, 0.3) is 5.92 Å². The van der Waals surface area contributed by atoms with Crippen LogP contribution >= 0.6 is 11.3 Å². The Bertz CT molecular complexity index is 981. The molecular weight excluding hydrogens is 436 g/mol. The number of halogens is 2. The Balaban J connectivity index is 1.59. The summed E-state index contributed by atoms with van der Waals surface area (Å²) in [5.41, 5.74) is 1.59. The highest BCUT2D eigenvalue weighted by Crippen LogP contribution is 2.33. The topological polar surface area (TPSA) is 66.8 Å². The number of benzene rings is 1. The first-order chi connectivity index (χ1) is 15.2. The lowest BCUT2D eigenvalue weighted by Crippen LogP contribution is -2.45. The molecule has 0 radical (unpaired) electrons. The monoisotopic (exact) mass is 463 g/mol. The standard InChI is InChI=1S/C24H27F2NO4S/c1-16-13-17(2)15-18(14-16)24(25,26)10-3-5-19-9-12-31-23(30)27(19)11-4-6-20-7-8-21(32-20)22(28)29/h3,5,7-8,13-15,19H,4,6,9-12H2,1-2H3,(H,28,29)/b5-3+/t19-/m0/s1. The lowest BCUT2D eigenvalue weighted by Gasteiger charge is -2.33. The molecular formula is C24H27F2NO4S. The van der Waals surface area contributed by atoms with E-state index in [4.69, 9.17) is 9.84 Å². The lowest BCUT2D eigenvalue weighted by molar-refractivity contribution is -0.00132. The number of amides is 1. The minimum atomic E-state index is -2.99. The van der Waals surface area contributed by atoms with Crippen molar-refractivity contribution in [2.24, 2.45) is 0 Å². The van der Waals surface area contributed by atoms with Gasteiger partial charge in [-0.25, -0.2) is 18.4 Å². The number of carbonyl (C=O) groups is 2. The molecule has 172 valence electrons. The largest absolute Gasteiger partial charge is 0.477 e. The van der Waals surface area contributed by atoms with Crippen molar-refractivity contribution in [2.45, 2.75) is 51.5 Å². The zero-order valence-corrected chi connectivity index (χ0v) is 19.0. The molecule has 5 nitrogen and oxygen atoms in total. The van der Waals surface area contributed by atoms with Crippen LogP contribution in [0.2, 0.25) is 0 Å². The maximum absolute atomic E-state index is 14.7. The molecule has 1 aromatic carbocycles. The summed E-state index contributed by atoms with van der Waals surface area (Å²) in [4.78, 5) is 26.0. The smallest absolute Gasteiger partial charge is 0.410 e. The van der Waals surface area contributed by atoms with E-state index in [1.807, 2.05) is 6.07 Å². The Morgan fingerprint density at radius 2 is 2.00 bits per heavy atom. The first kappa shape index (κ1) is 23.9. The molecule has 0 bridgehead atoms. The van der Waals surface area contributed by atoms with Gasteiger partial charge in [0.2, 0.25) is 0 Å². The molecule has 1 fully saturated rings. The molecule has 1 amide bonds. The molecule has 32 heavy (non-hydrogen) atoms. The summed E-state index contributed by atoms with van der Waals surface area (Å²) in [7, 11) is 0. The number of hydrogen-bond acceptors (Lipinski definition) is 4. The van der Waals surface area contributed by atoms with Crippen molar-refractivity contribution in [1.82, 2.24) is 4.90 Å². The van der Waals surface area contributed by atoms with Crippen molar-refractivity contribution in [3.8, 4) is 0 Å². The predicted molar refractivity (Wildman–Crippen MR) is 120 cm³/mol. The normalized spacial score (nSPS) is 17.1. The van der Waals surface area contributed by atoms with Gasteiger partial charge in [-0.3, -0.25) is 0 Å². The third kappa shape index (κ3) is 6.16. The van der Waals surface area contributed by atoms with Crippen LogP contribution in [-0.2, 0) is 17.1 Å². The highest BCUT2D eigenvalue weighted by molar-refractivity contribution is 7.13. The van der Waals surface area contributed by atoms with Crippen molar-refractivity contribution in [3.63, 3.8) is 0 Å². The average Bonchev–Trinajstić information content (AvgIpc) is 3.18. The fourth-order valence-electron chi connectivity index (χ4n) is 3.83. The van der Waals surface area contributed by atoms with Crippen molar-refractivity contribution in [2.75, 3.05) is 13.2 Å². The molecule has 0 spiro atoms. The summed E-state index contributed by atoms with van der Waals surface area (Å²) in [6.07, 6.45) is 4.02. The van der Waals surface area contributed by atoms with E-state index in [1.165, 1.54) is 29.5 Å². The number of carboxylic acid groups (broad SMARTS) is 1. The Kier molecular flexibility index (Phi) is 7.66. The number of aryl methyl sites for hydroxylation is 3. The van der Waals surface area contributed by atoms with Crippen LogP contribution in [0.25, 0.3) is 0 Å². The SMILES string of the molecule is Cc1cc(C)cc(C(F)(F)C/C=C/[C@H]2CCOC(=O)N2CCCc2ccc(C(=O)O)s2)c1. The van der Waals surface area contributed by atoms with Gasteiger partial charge in [-0.2, -0.15) is 0 Å². The zero-order valence-electron chi connectivity index (χ0n) is 18.1. The second-order valence-corrected chi connectivity index (χ2v) is 9.22. The quantitative estimate of drug-likeness (QED) is 0.467. The Labute approximate surface area is 190 Å². The van der Waals surface area contributed by atoms with E-state index < -0.39 is 24.4 Å². The van der Waals surface area contributed by atoms with Gasteiger partial charge >= 0.3 is 12.1 Å². The molecule has 2 heterocycles. The van der Waals surface area contributed by atoms with Gasteiger partial charge in [0.05, 0.1) is 12.6 Å². The van der Waals surface area contributed by atoms with Gasteiger partial charge in [-0.05, 0) is 38.8 Å².